The largest absolute Gasteiger partial charge is 0.482 e. The second-order valence-corrected chi connectivity index (χ2v) is 6.71. The lowest BCUT2D eigenvalue weighted by atomic mass is 10.2. The van der Waals surface area contributed by atoms with Gasteiger partial charge in [0.1, 0.15) is 5.75 Å². The summed E-state index contributed by atoms with van der Waals surface area (Å²) in [5.74, 6) is -3.24. The Morgan fingerprint density at radius 1 is 1.14 bits per heavy atom. The Bertz CT molecular complexity index is 815. The number of hydrogen-bond acceptors (Lipinski definition) is 4. The highest BCUT2D eigenvalue weighted by Gasteiger charge is 2.29. The molecule has 4 nitrogen and oxygen atoms in total. The average Bonchev–Trinajstić information content (AvgIpc) is 2.60. The van der Waals surface area contributed by atoms with Gasteiger partial charge in [-0.25, -0.2) is 0 Å². The summed E-state index contributed by atoms with van der Waals surface area (Å²) in [7, 11) is 0. The van der Waals surface area contributed by atoms with E-state index in [4.69, 9.17) is 4.74 Å². The number of alkyl halides is 5. The Morgan fingerprint density at radius 2 is 1.86 bits per heavy atom. The topological polar surface area (TPSA) is 50.4 Å². The minimum atomic E-state index is -4.50. The van der Waals surface area contributed by atoms with Gasteiger partial charge in [-0.05, 0) is 36.8 Å². The fourth-order valence-corrected chi connectivity index (χ4v) is 2.79. The third-order valence-corrected chi connectivity index (χ3v) is 4.13. The molecule has 28 heavy (non-hydrogen) atoms. The number of rotatable bonds is 8. The van der Waals surface area contributed by atoms with Gasteiger partial charge in [0.2, 0.25) is 5.91 Å². The molecule has 152 valence electrons. The molecule has 0 fully saturated rings. The number of carbonyl (C=O) groups is 1. The van der Waals surface area contributed by atoms with Crippen molar-refractivity contribution >= 4 is 29.0 Å². The van der Waals surface area contributed by atoms with Crippen LogP contribution in [0, 0.1) is 6.92 Å². The minimum Gasteiger partial charge on any atom is -0.482 e. The van der Waals surface area contributed by atoms with Crippen molar-refractivity contribution in [2.24, 2.45) is 0 Å². The Hall–Kier alpha value is -2.49. The van der Waals surface area contributed by atoms with E-state index in [0.717, 1.165) is 0 Å². The van der Waals surface area contributed by atoms with Gasteiger partial charge in [0.25, 0.3) is 5.76 Å². The molecule has 2 rings (SSSR count). The highest BCUT2D eigenvalue weighted by Crippen LogP contribution is 2.32. The van der Waals surface area contributed by atoms with Crippen molar-refractivity contribution in [2.75, 3.05) is 23.8 Å². The number of anilines is 2. The summed E-state index contributed by atoms with van der Waals surface area (Å²) in [4.78, 5) is 12.3. The molecule has 0 spiro atoms. The number of ether oxygens (including phenoxy) is 1. The first-order chi connectivity index (χ1) is 13.1. The molecule has 0 atom stereocenters. The molecule has 0 saturated heterocycles. The van der Waals surface area contributed by atoms with Crippen LogP contribution in [-0.2, 0) is 4.79 Å². The third-order valence-electron chi connectivity index (χ3n) is 3.35. The third kappa shape index (κ3) is 7.26. The Balaban J connectivity index is 2.01. The molecule has 2 N–H and O–H groups in total. The zero-order chi connectivity index (χ0) is 20.7. The number of halogens is 5. The van der Waals surface area contributed by atoms with Crippen molar-refractivity contribution in [3.63, 3.8) is 0 Å². The van der Waals surface area contributed by atoms with Crippen LogP contribution in [-0.4, -0.2) is 31.0 Å². The molecule has 0 aliphatic rings. The summed E-state index contributed by atoms with van der Waals surface area (Å²) >= 11 is 0.299. The molecule has 1 amide bonds. The van der Waals surface area contributed by atoms with E-state index >= 15 is 0 Å². The van der Waals surface area contributed by atoms with E-state index < -0.39 is 24.4 Å². The zero-order valence-corrected chi connectivity index (χ0v) is 15.5. The van der Waals surface area contributed by atoms with Crippen molar-refractivity contribution in [1.29, 1.82) is 0 Å². The van der Waals surface area contributed by atoms with E-state index in [-0.39, 0.29) is 28.6 Å². The number of benzene rings is 2. The zero-order valence-electron chi connectivity index (χ0n) is 14.6. The first kappa shape index (κ1) is 21.8. The highest BCUT2D eigenvalue weighted by atomic mass is 32.2. The average molecular weight is 420 g/mol. The number of hydrogen-bond donors (Lipinski definition) is 2. The molecule has 0 heterocycles. The maximum absolute atomic E-state index is 12.6. The second-order valence-electron chi connectivity index (χ2n) is 5.68. The number of amides is 1. The second kappa shape index (κ2) is 9.63. The van der Waals surface area contributed by atoms with E-state index in [0.29, 0.717) is 17.3 Å². The van der Waals surface area contributed by atoms with E-state index in [2.05, 4.69) is 10.6 Å². The maximum atomic E-state index is 12.6. The van der Waals surface area contributed by atoms with Crippen LogP contribution >= 0.6 is 11.8 Å². The van der Waals surface area contributed by atoms with Gasteiger partial charge in [0.05, 0.1) is 17.9 Å². The van der Waals surface area contributed by atoms with Gasteiger partial charge in [0.15, 0.2) is 6.61 Å². The van der Waals surface area contributed by atoms with E-state index in [9.17, 15) is 26.7 Å². The monoisotopic (exact) mass is 420 g/mol. The molecule has 0 aromatic heterocycles. The highest BCUT2D eigenvalue weighted by molar-refractivity contribution is 7.99. The van der Waals surface area contributed by atoms with E-state index in [1.54, 1.807) is 25.1 Å². The first-order valence-electron chi connectivity index (χ1n) is 8.02. The quantitative estimate of drug-likeness (QED) is 0.449. The number of aryl methyl sites for hydroxylation is 1. The van der Waals surface area contributed by atoms with Crippen LogP contribution in [0.3, 0.4) is 0 Å². The maximum Gasteiger partial charge on any atom is 0.422 e. The van der Waals surface area contributed by atoms with Crippen LogP contribution in [0.1, 0.15) is 5.56 Å². The summed E-state index contributed by atoms with van der Waals surface area (Å²) in [5.41, 5.74) is 1.11. The number of nitrogens with one attached hydrogen (secondary N) is 2. The molecule has 2 aromatic rings. The van der Waals surface area contributed by atoms with Crippen molar-refractivity contribution in [1.82, 2.24) is 0 Å². The summed E-state index contributed by atoms with van der Waals surface area (Å²) in [6, 6.07) is 10.6. The Labute approximate surface area is 162 Å². The van der Waals surface area contributed by atoms with Gasteiger partial charge >= 0.3 is 6.18 Å². The summed E-state index contributed by atoms with van der Waals surface area (Å²) in [6.45, 7) is -0.0662. The van der Waals surface area contributed by atoms with Crippen LogP contribution in [0.15, 0.2) is 47.4 Å². The van der Waals surface area contributed by atoms with Crippen LogP contribution in [0.4, 0.5) is 33.3 Å². The van der Waals surface area contributed by atoms with Gasteiger partial charge in [-0.2, -0.15) is 22.0 Å². The molecule has 0 aliphatic heterocycles. The van der Waals surface area contributed by atoms with E-state index in [1.807, 2.05) is 0 Å². The fraction of sp³-hybridized carbons (Fsp3) is 0.278. The number of para-hydroxylation sites is 1. The molecule has 0 radical (unpaired) electrons. The lowest BCUT2D eigenvalue weighted by molar-refractivity contribution is -0.153. The predicted octanol–water partition coefficient (Wildman–Crippen LogP) is 5.30. The SMILES string of the molecule is Cc1ccc(NCC(=O)Nc2ccccc2SC(F)F)c(OCC(F)(F)F)c1. The molecule has 0 aliphatic carbocycles. The minimum absolute atomic E-state index is 0.0428. The van der Waals surface area contributed by atoms with Gasteiger partial charge < -0.3 is 15.4 Å². The van der Waals surface area contributed by atoms with Crippen LogP contribution in [0.2, 0.25) is 0 Å². The van der Waals surface area contributed by atoms with Crippen LogP contribution < -0.4 is 15.4 Å². The standard InChI is InChI=1S/C18H17F5N2O2S/c1-11-6-7-12(14(8-11)27-10-18(21,22)23)24-9-16(26)25-13-4-2-3-5-15(13)28-17(19)20/h2-8,17,24H,9-10H2,1H3,(H,25,26). The molecule has 0 bridgehead atoms. The molecule has 0 unspecified atom stereocenters. The van der Waals surface area contributed by atoms with Gasteiger partial charge in [-0.15, -0.1) is 0 Å². The van der Waals surface area contributed by atoms with Gasteiger partial charge in [-0.1, -0.05) is 30.0 Å². The molecular formula is C18H17F5N2O2S. The van der Waals surface area contributed by atoms with Crippen LogP contribution in [0.5, 0.6) is 5.75 Å². The lowest BCUT2D eigenvalue weighted by Gasteiger charge is -2.15. The predicted molar refractivity (Wildman–Crippen MR) is 98.2 cm³/mol. The lowest BCUT2D eigenvalue weighted by Crippen LogP contribution is -2.23. The van der Waals surface area contributed by atoms with E-state index in [1.165, 1.54) is 24.3 Å². The van der Waals surface area contributed by atoms with Crippen molar-refractivity contribution < 1.29 is 31.5 Å². The fourth-order valence-electron chi connectivity index (χ4n) is 2.19. The molecule has 10 heteroatoms. The summed E-state index contributed by atoms with van der Waals surface area (Å²) in [6.07, 6.45) is -4.50. The smallest absolute Gasteiger partial charge is 0.422 e. The normalized spacial score (nSPS) is 11.4. The number of thioether (sulfide) groups is 1. The molecule has 0 saturated carbocycles. The number of carbonyl (C=O) groups excluding carboxylic acids is 1. The van der Waals surface area contributed by atoms with Crippen LogP contribution in [0.25, 0.3) is 0 Å². The summed E-state index contributed by atoms with van der Waals surface area (Å²) < 4.78 is 67.1. The van der Waals surface area contributed by atoms with Gasteiger partial charge in [-0.3, -0.25) is 4.79 Å². The van der Waals surface area contributed by atoms with Crippen molar-refractivity contribution in [2.45, 2.75) is 23.8 Å². The first-order valence-corrected chi connectivity index (χ1v) is 8.90. The summed E-state index contributed by atoms with van der Waals surface area (Å²) in [5, 5.41) is 5.19. The molecule has 2 aromatic carbocycles. The van der Waals surface area contributed by atoms with Gasteiger partial charge in [0, 0.05) is 4.90 Å². The van der Waals surface area contributed by atoms with Crippen molar-refractivity contribution in [3.8, 4) is 5.75 Å². The Morgan fingerprint density at radius 3 is 2.54 bits per heavy atom. The van der Waals surface area contributed by atoms with Crippen molar-refractivity contribution in [3.05, 3.63) is 48.0 Å². The molecular weight excluding hydrogens is 403 g/mol. The Kier molecular flexibility index (Phi) is 7.50.